The molecule has 1 aromatic heterocycles. The van der Waals surface area contributed by atoms with Gasteiger partial charge in [-0.25, -0.2) is 4.98 Å². The predicted molar refractivity (Wildman–Crippen MR) is 75.3 cm³/mol. The lowest BCUT2D eigenvalue weighted by molar-refractivity contribution is -0.137. The van der Waals surface area contributed by atoms with Gasteiger partial charge in [-0.05, 0) is 17.7 Å². The number of amides is 1. The minimum absolute atomic E-state index is 0.0103. The van der Waals surface area contributed by atoms with E-state index in [0.717, 1.165) is 12.1 Å². The number of anilines is 1. The van der Waals surface area contributed by atoms with Crippen molar-refractivity contribution in [3.63, 3.8) is 0 Å². The standard InChI is InChI=1S/C15H11F3N4O/c1-9(23)21-14-8-20-12(13(7-19)22-14)6-10-2-4-11(5-3-10)15(16,17)18/h2-5,8H,6H2,1H3,(H,21,22,23). The highest BCUT2D eigenvalue weighted by Gasteiger charge is 2.29. The van der Waals surface area contributed by atoms with E-state index in [0.29, 0.717) is 11.3 Å². The Morgan fingerprint density at radius 3 is 2.48 bits per heavy atom. The molecule has 0 saturated heterocycles. The lowest BCUT2D eigenvalue weighted by Gasteiger charge is -2.08. The Kier molecular flexibility index (Phi) is 4.60. The number of hydrogen-bond acceptors (Lipinski definition) is 4. The fourth-order valence-corrected chi connectivity index (χ4v) is 1.88. The van der Waals surface area contributed by atoms with E-state index in [2.05, 4.69) is 15.3 Å². The molecular weight excluding hydrogens is 309 g/mol. The van der Waals surface area contributed by atoms with Crippen molar-refractivity contribution in [3.8, 4) is 6.07 Å². The molecule has 23 heavy (non-hydrogen) atoms. The van der Waals surface area contributed by atoms with Crippen LogP contribution >= 0.6 is 0 Å². The number of carbonyl (C=O) groups excluding carboxylic acids is 1. The lowest BCUT2D eigenvalue weighted by Crippen LogP contribution is -2.10. The van der Waals surface area contributed by atoms with Gasteiger partial charge in [0.25, 0.3) is 0 Å². The van der Waals surface area contributed by atoms with Gasteiger partial charge in [0.15, 0.2) is 11.5 Å². The van der Waals surface area contributed by atoms with E-state index in [-0.39, 0.29) is 23.8 Å². The van der Waals surface area contributed by atoms with Gasteiger partial charge in [-0.15, -0.1) is 0 Å². The van der Waals surface area contributed by atoms with E-state index in [1.165, 1.54) is 25.3 Å². The quantitative estimate of drug-likeness (QED) is 0.943. The van der Waals surface area contributed by atoms with Gasteiger partial charge in [0.1, 0.15) is 6.07 Å². The van der Waals surface area contributed by atoms with Crippen molar-refractivity contribution in [1.82, 2.24) is 9.97 Å². The summed E-state index contributed by atoms with van der Waals surface area (Å²) in [6.07, 6.45) is -2.94. The fraction of sp³-hybridized carbons (Fsp3) is 0.200. The first-order chi connectivity index (χ1) is 10.8. The average Bonchev–Trinajstić information content (AvgIpc) is 2.48. The largest absolute Gasteiger partial charge is 0.416 e. The van der Waals surface area contributed by atoms with Gasteiger partial charge in [0.2, 0.25) is 5.91 Å². The Labute approximate surface area is 129 Å². The Morgan fingerprint density at radius 1 is 1.30 bits per heavy atom. The van der Waals surface area contributed by atoms with Gasteiger partial charge in [0.05, 0.1) is 17.5 Å². The number of rotatable bonds is 3. The first-order valence-corrected chi connectivity index (χ1v) is 6.49. The SMILES string of the molecule is CC(=O)Nc1cnc(Cc2ccc(C(F)(F)F)cc2)c(C#N)n1. The van der Waals surface area contributed by atoms with Crippen molar-refractivity contribution in [2.75, 3.05) is 5.32 Å². The summed E-state index contributed by atoms with van der Waals surface area (Å²) in [6, 6.07) is 6.46. The highest BCUT2D eigenvalue weighted by molar-refractivity contribution is 5.87. The third-order valence-electron chi connectivity index (χ3n) is 2.91. The number of hydrogen-bond donors (Lipinski definition) is 1. The van der Waals surface area contributed by atoms with Crippen LogP contribution in [0.3, 0.4) is 0 Å². The van der Waals surface area contributed by atoms with E-state index < -0.39 is 11.7 Å². The van der Waals surface area contributed by atoms with E-state index in [1.54, 1.807) is 0 Å². The third kappa shape index (κ3) is 4.26. The van der Waals surface area contributed by atoms with Gasteiger partial charge >= 0.3 is 6.18 Å². The van der Waals surface area contributed by atoms with Gasteiger partial charge in [-0.2, -0.15) is 18.4 Å². The minimum atomic E-state index is -4.39. The highest BCUT2D eigenvalue weighted by Crippen LogP contribution is 2.29. The van der Waals surface area contributed by atoms with Crippen LogP contribution in [-0.2, 0) is 17.4 Å². The molecule has 8 heteroatoms. The summed E-state index contributed by atoms with van der Waals surface area (Å²) in [6.45, 7) is 1.30. The van der Waals surface area contributed by atoms with Crippen LogP contribution in [0.5, 0.6) is 0 Å². The molecule has 1 N–H and O–H groups in total. The monoisotopic (exact) mass is 320 g/mol. The van der Waals surface area contributed by atoms with Crippen LogP contribution in [0.15, 0.2) is 30.5 Å². The van der Waals surface area contributed by atoms with Crippen LogP contribution in [0.1, 0.15) is 29.4 Å². The number of aromatic nitrogens is 2. The normalized spacial score (nSPS) is 10.9. The topological polar surface area (TPSA) is 78.7 Å². The van der Waals surface area contributed by atoms with Crippen molar-refractivity contribution < 1.29 is 18.0 Å². The molecular formula is C15H11F3N4O. The number of nitrogens with zero attached hydrogens (tertiary/aromatic N) is 3. The summed E-state index contributed by atoms with van der Waals surface area (Å²) >= 11 is 0. The molecule has 0 saturated carbocycles. The first-order valence-electron chi connectivity index (χ1n) is 6.49. The van der Waals surface area contributed by atoms with Crippen LogP contribution in [0.4, 0.5) is 19.0 Å². The summed E-state index contributed by atoms with van der Waals surface area (Å²) in [5.74, 6) is -0.205. The molecule has 0 fully saturated rings. The smallest absolute Gasteiger partial charge is 0.310 e. The molecule has 1 amide bonds. The maximum Gasteiger partial charge on any atom is 0.416 e. The van der Waals surface area contributed by atoms with Gasteiger partial charge in [0, 0.05) is 13.3 Å². The van der Waals surface area contributed by atoms with Crippen molar-refractivity contribution in [3.05, 3.63) is 53.0 Å². The summed E-state index contributed by atoms with van der Waals surface area (Å²) in [5, 5.41) is 11.5. The van der Waals surface area contributed by atoms with Crippen LogP contribution in [0, 0.1) is 11.3 Å². The molecule has 1 heterocycles. The summed E-state index contributed by atoms with van der Waals surface area (Å²) in [7, 11) is 0. The molecule has 0 aliphatic rings. The average molecular weight is 320 g/mol. The Morgan fingerprint density at radius 2 is 1.96 bits per heavy atom. The van der Waals surface area contributed by atoms with Crippen molar-refractivity contribution in [1.29, 1.82) is 5.26 Å². The van der Waals surface area contributed by atoms with E-state index in [9.17, 15) is 18.0 Å². The second-order valence-electron chi connectivity index (χ2n) is 4.71. The molecule has 0 aliphatic heterocycles. The minimum Gasteiger partial charge on any atom is -0.310 e. The van der Waals surface area contributed by atoms with Gasteiger partial charge in [-0.3, -0.25) is 9.78 Å². The van der Waals surface area contributed by atoms with Crippen LogP contribution in [0.25, 0.3) is 0 Å². The van der Waals surface area contributed by atoms with Crippen molar-refractivity contribution in [2.45, 2.75) is 19.5 Å². The second kappa shape index (κ2) is 6.44. The van der Waals surface area contributed by atoms with Crippen molar-refractivity contribution >= 4 is 11.7 Å². The molecule has 0 unspecified atom stereocenters. The maximum atomic E-state index is 12.5. The second-order valence-corrected chi connectivity index (χ2v) is 4.71. The summed E-state index contributed by atoms with van der Waals surface area (Å²) < 4.78 is 37.5. The predicted octanol–water partition coefficient (Wildman–Crippen LogP) is 2.92. The van der Waals surface area contributed by atoms with Crippen LogP contribution in [-0.4, -0.2) is 15.9 Å². The molecule has 5 nitrogen and oxygen atoms in total. The van der Waals surface area contributed by atoms with E-state index in [1.807, 2.05) is 6.07 Å². The number of benzene rings is 1. The molecule has 118 valence electrons. The Balaban J connectivity index is 2.23. The van der Waals surface area contributed by atoms with Crippen LogP contribution < -0.4 is 5.32 Å². The molecule has 0 aliphatic carbocycles. The van der Waals surface area contributed by atoms with Gasteiger partial charge in [-0.1, -0.05) is 12.1 Å². The zero-order valence-corrected chi connectivity index (χ0v) is 12.0. The van der Waals surface area contributed by atoms with E-state index in [4.69, 9.17) is 5.26 Å². The van der Waals surface area contributed by atoms with Crippen molar-refractivity contribution in [2.24, 2.45) is 0 Å². The maximum absolute atomic E-state index is 12.5. The van der Waals surface area contributed by atoms with E-state index >= 15 is 0 Å². The van der Waals surface area contributed by atoms with Gasteiger partial charge < -0.3 is 5.32 Å². The fourth-order valence-electron chi connectivity index (χ4n) is 1.88. The molecule has 0 spiro atoms. The molecule has 1 aromatic carbocycles. The Hall–Kier alpha value is -2.95. The first kappa shape index (κ1) is 16.4. The number of halogens is 3. The number of nitriles is 1. The lowest BCUT2D eigenvalue weighted by atomic mass is 10.1. The zero-order valence-electron chi connectivity index (χ0n) is 12.0. The molecule has 0 radical (unpaired) electrons. The number of nitrogens with one attached hydrogen (secondary N) is 1. The zero-order chi connectivity index (χ0) is 17.0. The third-order valence-corrected chi connectivity index (χ3v) is 2.91. The Bertz CT molecular complexity index is 764. The summed E-state index contributed by atoms with van der Waals surface area (Å²) in [5.41, 5.74) is 0.155. The molecule has 0 atom stereocenters. The number of carbonyl (C=O) groups is 1. The summed E-state index contributed by atoms with van der Waals surface area (Å²) in [4.78, 5) is 18.9. The number of alkyl halides is 3. The molecule has 2 rings (SSSR count). The van der Waals surface area contributed by atoms with Crippen LogP contribution in [0.2, 0.25) is 0 Å². The molecule has 0 bridgehead atoms. The molecule has 2 aromatic rings. The highest BCUT2D eigenvalue weighted by atomic mass is 19.4.